The molecule has 3 rings (SSSR count). The van der Waals surface area contributed by atoms with Crippen LogP contribution >= 0.6 is 0 Å². The molecule has 122 valence electrons. The predicted molar refractivity (Wildman–Crippen MR) is 86.9 cm³/mol. The second kappa shape index (κ2) is 6.64. The molecule has 3 heterocycles. The first-order valence-electron chi connectivity index (χ1n) is 7.66. The monoisotopic (exact) mass is 316 g/mol. The van der Waals surface area contributed by atoms with Crippen LogP contribution in [0.1, 0.15) is 29.8 Å². The van der Waals surface area contributed by atoms with Crippen LogP contribution in [0.25, 0.3) is 0 Å². The molecule has 1 N–H and O–H groups in total. The van der Waals surface area contributed by atoms with Gasteiger partial charge in [0, 0.05) is 33.3 Å². The molecule has 0 aliphatic carbocycles. The maximum absolute atomic E-state index is 12.1. The van der Waals surface area contributed by atoms with E-state index in [2.05, 4.69) is 25.3 Å². The van der Waals surface area contributed by atoms with Crippen LogP contribution in [-0.2, 0) is 0 Å². The van der Waals surface area contributed by atoms with Gasteiger partial charge in [-0.2, -0.15) is 4.98 Å². The van der Waals surface area contributed by atoms with E-state index in [1.165, 1.54) is 18.7 Å². The van der Waals surface area contributed by atoms with Gasteiger partial charge in [0.25, 0.3) is 5.91 Å². The van der Waals surface area contributed by atoms with Crippen molar-refractivity contribution < 1.29 is 9.32 Å². The summed E-state index contributed by atoms with van der Waals surface area (Å²) in [6, 6.07) is 1.51. The second-order valence-electron chi connectivity index (χ2n) is 5.68. The zero-order chi connectivity index (χ0) is 16.2. The Bertz CT molecular complexity index is 665. The zero-order valence-electron chi connectivity index (χ0n) is 13.3. The highest BCUT2D eigenvalue weighted by atomic mass is 16.5. The van der Waals surface area contributed by atoms with Gasteiger partial charge in [-0.05, 0) is 19.3 Å². The number of hydrogen-bond donors (Lipinski definition) is 1. The molecule has 1 aliphatic rings. The summed E-state index contributed by atoms with van der Waals surface area (Å²) >= 11 is 0. The fourth-order valence-electron chi connectivity index (χ4n) is 2.56. The summed E-state index contributed by atoms with van der Waals surface area (Å²) in [6.07, 6.45) is 6.63. The molecule has 0 saturated carbocycles. The summed E-state index contributed by atoms with van der Waals surface area (Å²) in [5.41, 5.74) is 0.539. The standard InChI is InChI=1S/C15H20N6O2/c1-20(2)13-11(18-14(22)12-6-7-17-23-12)10-16-15(19-13)21-8-4-3-5-9-21/h6-7,10H,3-5,8-9H2,1-2H3,(H,18,22). The first kappa shape index (κ1) is 15.3. The molecule has 0 radical (unpaired) electrons. The molecule has 1 fully saturated rings. The van der Waals surface area contributed by atoms with Crippen molar-refractivity contribution in [3.63, 3.8) is 0 Å². The van der Waals surface area contributed by atoms with Gasteiger partial charge < -0.3 is 19.6 Å². The smallest absolute Gasteiger partial charge is 0.294 e. The molecular formula is C15H20N6O2. The minimum absolute atomic E-state index is 0.148. The van der Waals surface area contributed by atoms with Gasteiger partial charge in [-0.3, -0.25) is 4.79 Å². The van der Waals surface area contributed by atoms with Gasteiger partial charge in [-0.1, -0.05) is 5.16 Å². The number of anilines is 3. The largest absolute Gasteiger partial charge is 0.361 e. The van der Waals surface area contributed by atoms with Crippen LogP contribution < -0.4 is 15.1 Å². The zero-order valence-corrected chi connectivity index (χ0v) is 13.3. The van der Waals surface area contributed by atoms with Crippen molar-refractivity contribution >= 4 is 23.4 Å². The van der Waals surface area contributed by atoms with Crippen molar-refractivity contribution in [2.24, 2.45) is 0 Å². The highest BCUT2D eigenvalue weighted by Gasteiger charge is 2.19. The van der Waals surface area contributed by atoms with Gasteiger partial charge in [0.2, 0.25) is 11.7 Å². The van der Waals surface area contributed by atoms with Gasteiger partial charge in [-0.15, -0.1) is 0 Å². The number of aromatic nitrogens is 3. The number of amides is 1. The molecule has 1 saturated heterocycles. The third-order valence-corrected chi connectivity index (χ3v) is 3.73. The number of nitrogens with one attached hydrogen (secondary N) is 1. The Hall–Kier alpha value is -2.64. The van der Waals surface area contributed by atoms with Crippen molar-refractivity contribution in [1.29, 1.82) is 0 Å². The van der Waals surface area contributed by atoms with E-state index in [9.17, 15) is 4.79 Å². The van der Waals surface area contributed by atoms with E-state index in [4.69, 9.17) is 4.52 Å². The van der Waals surface area contributed by atoms with Crippen LogP contribution in [0.2, 0.25) is 0 Å². The Balaban J connectivity index is 1.83. The predicted octanol–water partition coefficient (Wildman–Crippen LogP) is 1.77. The van der Waals surface area contributed by atoms with Crippen LogP contribution in [0.5, 0.6) is 0 Å². The number of nitrogens with zero attached hydrogens (tertiary/aromatic N) is 5. The van der Waals surface area contributed by atoms with Crippen LogP contribution in [-0.4, -0.2) is 48.2 Å². The first-order chi connectivity index (χ1) is 11.1. The Morgan fingerprint density at radius 2 is 2.09 bits per heavy atom. The van der Waals surface area contributed by atoms with Crippen LogP contribution in [0.15, 0.2) is 23.0 Å². The van der Waals surface area contributed by atoms with Crippen LogP contribution in [0, 0.1) is 0 Å². The van der Waals surface area contributed by atoms with Gasteiger partial charge in [0.05, 0.1) is 12.4 Å². The van der Waals surface area contributed by atoms with E-state index in [-0.39, 0.29) is 11.7 Å². The minimum Gasteiger partial charge on any atom is -0.361 e. The first-order valence-corrected chi connectivity index (χ1v) is 7.66. The number of carbonyl (C=O) groups is 1. The third kappa shape index (κ3) is 3.41. The summed E-state index contributed by atoms with van der Waals surface area (Å²) in [7, 11) is 3.76. The molecule has 8 nitrogen and oxygen atoms in total. The molecule has 2 aromatic rings. The van der Waals surface area contributed by atoms with Crippen molar-refractivity contribution in [1.82, 2.24) is 15.1 Å². The summed E-state index contributed by atoms with van der Waals surface area (Å²) in [4.78, 5) is 25.2. The lowest BCUT2D eigenvalue weighted by molar-refractivity contribution is 0.0988. The van der Waals surface area contributed by atoms with Crippen molar-refractivity contribution in [3.05, 3.63) is 24.2 Å². The molecule has 23 heavy (non-hydrogen) atoms. The molecular weight excluding hydrogens is 296 g/mol. The lowest BCUT2D eigenvalue weighted by Gasteiger charge is -2.27. The van der Waals surface area contributed by atoms with Gasteiger partial charge >= 0.3 is 0 Å². The van der Waals surface area contributed by atoms with Gasteiger partial charge in [0.1, 0.15) is 5.69 Å². The Kier molecular flexibility index (Phi) is 4.40. The fourth-order valence-corrected chi connectivity index (χ4v) is 2.56. The van der Waals surface area contributed by atoms with E-state index >= 15 is 0 Å². The molecule has 8 heteroatoms. The summed E-state index contributed by atoms with van der Waals surface area (Å²) in [5, 5.41) is 6.30. The average Bonchev–Trinajstić information content (AvgIpc) is 3.10. The maximum Gasteiger partial charge on any atom is 0.294 e. The Morgan fingerprint density at radius 3 is 2.74 bits per heavy atom. The number of rotatable bonds is 4. The van der Waals surface area contributed by atoms with Crippen LogP contribution in [0.3, 0.4) is 0 Å². The number of piperidine rings is 1. The topological polar surface area (TPSA) is 87.4 Å². The normalized spacial score (nSPS) is 14.6. The van der Waals surface area contributed by atoms with Crippen molar-refractivity contribution in [2.45, 2.75) is 19.3 Å². The highest BCUT2D eigenvalue weighted by Crippen LogP contribution is 2.25. The fraction of sp³-hybridized carbons (Fsp3) is 0.467. The van der Waals surface area contributed by atoms with E-state index in [1.807, 2.05) is 19.0 Å². The molecule has 0 spiro atoms. The summed E-state index contributed by atoms with van der Waals surface area (Å²) in [6.45, 7) is 1.94. The SMILES string of the molecule is CN(C)c1nc(N2CCCCC2)ncc1NC(=O)c1ccno1. The molecule has 1 amide bonds. The molecule has 0 aromatic carbocycles. The van der Waals surface area contributed by atoms with E-state index in [1.54, 1.807) is 6.20 Å². The lowest BCUT2D eigenvalue weighted by atomic mass is 10.1. The van der Waals surface area contributed by atoms with Crippen molar-refractivity contribution in [3.8, 4) is 0 Å². The molecule has 0 atom stereocenters. The minimum atomic E-state index is -0.375. The Morgan fingerprint density at radius 1 is 1.30 bits per heavy atom. The number of hydrogen-bond acceptors (Lipinski definition) is 7. The average molecular weight is 316 g/mol. The number of carbonyl (C=O) groups excluding carboxylic acids is 1. The summed E-state index contributed by atoms with van der Waals surface area (Å²) in [5.74, 6) is 1.13. The molecule has 0 unspecified atom stereocenters. The lowest BCUT2D eigenvalue weighted by Crippen LogP contribution is -2.31. The quantitative estimate of drug-likeness (QED) is 0.919. The van der Waals surface area contributed by atoms with Gasteiger partial charge in [-0.25, -0.2) is 4.98 Å². The molecule has 2 aromatic heterocycles. The Labute approximate surface area is 134 Å². The van der Waals surface area contributed by atoms with Crippen LogP contribution in [0.4, 0.5) is 17.5 Å². The molecule has 0 bridgehead atoms. The van der Waals surface area contributed by atoms with E-state index in [0.29, 0.717) is 17.5 Å². The molecule has 1 aliphatic heterocycles. The highest BCUT2D eigenvalue weighted by molar-refractivity contribution is 6.03. The van der Waals surface area contributed by atoms with Crippen molar-refractivity contribution in [2.75, 3.05) is 42.3 Å². The summed E-state index contributed by atoms with van der Waals surface area (Å²) < 4.78 is 4.86. The van der Waals surface area contributed by atoms with E-state index in [0.717, 1.165) is 25.9 Å². The maximum atomic E-state index is 12.1. The second-order valence-corrected chi connectivity index (χ2v) is 5.68. The van der Waals surface area contributed by atoms with E-state index < -0.39 is 0 Å². The van der Waals surface area contributed by atoms with Gasteiger partial charge in [0.15, 0.2) is 5.82 Å². The third-order valence-electron chi connectivity index (χ3n) is 3.73.